The van der Waals surface area contributed by atoms with Crippen molar-refractivity contribution >= 4 is 17.7 Å². The van der Waals surface area contributed by atoms with Crippen LogP contribution < -0.4 is 0 Å². The molecule has 5 heteroatoms. The molecule has 0 unspecified atom stereocenters. The molecule has 0 aromatic heterocycles. The number of carbonyl (C=O) groups is 1. The van der Waals surface area contributed by atoms with E-state index < -0.39 is 23.0 Å². The van der Waals surface area contributed by atoms with Gasteiger partial charge in [-0.2, -0.15) is 0 Å². The molecule has 1 aromatic rings. The fourth-order valence-electron chi connectivity index (χ4n) is 2.19. The lowest BCUT2D eigenvalue weighted by Crippen LogP contribution is -2.42. The van der Waals surface area contributed by atoms with Crippen molar-refractivity contribution in [2.75, 3.05) is 6.26 Å². The van der Waals surface area contributed by atoms with Gasteiger partial charge >= 0.3 is 5.97 Å². The zero-order valence-electron chi connectivity index (χ0n) is 9.30. The summed E-state index contributed by atoms with van der Waals surface area (Å²) in [5, 5.41) is 9.20. The zero-order chi connectivity index (χ0) is 12.6. The van der Waals surface area contributed by atoms with Crippen LogP contribution in [-0.4, -0.2) is 17.3 Å². The Morgan fingerprint density at radius 3 is 2.18 bits per heavy atom. The number of hydrogen-bond donors (Lipinski definition) is 1. The maximum Gasteiger partial charge on any atom is 0.314 e. The van der Waals surface area contributed by atoms with Gasteiger partial charge in [0.05, 0.1) is 10.3 Å². The Balaban J connectivity index is 2.50. The molecule has 0 aliphatic heterocycles. The monoisotopic (exact) mass is 258 g/mol. The fourth-order valence-corrected chi connectivity index (χ4v) is 2.70. The summed E-state index contributed by atoms with van der Waals surface area (Å²) in [6.07, 6.45) is 3.25. The van der Waals surface area contributed by atoms with Gasteiger partial charge in [-0.3, -0.25) is 4.79 Å². The number of carboxylic acid groups (broad SMARTS) is 1. The first-order valence-corrected chi connectivity index (χ1v) is 6.50. The lowest BCUT2D eigenvalue weighted by Gasteiger charge is -2.38. The third kappa shape index (κ3) is 1.82. The Hall–Kier alpha value is -1.10. The highest BCUT2D eigenvalue weighted by atomic mass is 32.2. The molecular weight excluding hydrogens is 246 g/mol. The van der Waals surface area contributed by atoms with Crippen LogP contribution in [0.5, 0.6) is 0 Å². The van der Waals surface area contributed by atoms with Crippen LogP contribution in [0.15, 0.2) is 17.0 Å². The molecule has 0 radical (unpaired) electrons. The van der Waals surface area contributed by atoms with Gasteiger partial charge in [0.25, 0.3) is 0 Å². The Labute approximate surface area is 102 Å². The van der Waals surface area contributed by atoms with Crippen molar-refractivity contribution in [2.45, 2.75) is 29.6 Å². The smallest absolute Gasteiger partial charge is 0.314 e. The van der Waals surface area contributed by atoms with Crippen molar-refractivity contribution in [2.24, 2.45) is 0 Å². The van der Waals surface area contributed by atoms with Crippen LogP contribution in [-0.2, 0) is 10.2 Å². The zero-order valence-corrected chi connectivity index (χ0v) is 10.1. The molecule has 0 saturated heterocycles. The van der Waals surface area contributed by atoms with Crippen LogP contribution in [0.4, 0.5) is 8.78 Å². The second-order valence-corrected chi connectivity index (χ2v) is 5.03. The minimum absolute atomic E-state index is 0.0615. The number of benzene rings is 1. The molecule has 1 N–H and O–H groups in total. The lowest BCUT2D eigenvalue weighted by atomic mass is 9.64. The first-order valence-electron chi connectivity index (χ1n) is 5.28. The number of carboxylic acids is 1. The number of hydrogen-bond acceptors (Lipinski definition) is 2. The summed E-state index contributed by atoms with van der Waals surface area (Å²) in [7, 11) is 0. The SMILES string of the molecule is CSc1c(F)cc(C2(C(=O)O)CCC2)cc1F. The molecule has 0 bridgehead atoms. The highest BCUT2D eigenvalue weighted by Crippen LogP contribution is 2.45. The van der Waals surface area contributed by atoms with Gasteiger partial charge in [-0.15, -0.1) is 11.8 Å². The predicted molar refractivity (Wildman–Crippen MR) is 61.3 cm³/mol. The van der Waals surface area contributed by atoms with E-state index in [-0.39, 0.29) is 10.5 Å². The molecule has 1 saturated carbocycles. The quantitative estimate of drug-likeness (QED) is 0.846. The van der Waals surface area contributed by atoms with Crippen molar-refractivity contribution < 1.29 is 18.7 Å². The molecule has 2 nitrogen and oxygen atoms in total. The van der Waals surface area contributed by atoms with E-state index in [1.807, 2.05) is 0 Å². The van der Waals surface area contributed by atoms with Crippen LogP contribution in [0.2, 0.25) is 0 Å². The van der Waals surface area contributed by atoms with Gasteiger partial charge in [0, 0.05) is 0 Å². The maximum absolute atomic E-state index is 13.6. The topological polar surface area (TPSA) is 37.3 Å². The van der Waals surface area contributed by atoms with Gasteiger partial charge in [-0.25, -0.2) is 8.78 Å². The molecule has 1 aromatic carbocycles. The van der Waals surface area contributed by atoms with E-state index >= 15 is 0 Å². The van der Waals surface area contributed by atoms with Crippen molar-refractivity contribution in [1.82, 2.24) is 0 Å². The highest BCUT2D eigenvalue weighted by Gasteiger charge is 2.46. The summed E-state index contributed by atoms with van der Waals surface area (Å²) >= 11 is 0.978. The highest BCUT2D eigenvalue weighted by molar-refractivity contribution is 7.98. The van der Waals surface area contributed by atoms with Crippen molar-refractivity contribution in [1.29, 1.82) is 0 Å². The Morgan fingerprint density at radius 1 is 1.35 bits per heavy atom. The van der Waals surface area contributed by atoms with Crippen LogP contribution in [0, 0.1) is 11.6 Å². The molecule has 0 atom stereocenters. The summed E-state index contributed by atoms with van der Waals surface area (Å²) in [6, 6.07) is 2.31. The summed E-state index contributed by atoms with van der Waals surface area (Å²) < 4.78 is 27.2. The summed E-state index contributed by atoms with van der Waals surface area (Å²) in [4.78, 5) is 11.2. The minimum Gasteiger partial charge on any atom is -0.481 e. The van der Waals surface area contributed by atoms with Crippen LogP contribution >= 0.6 is 11.8 Å². The van der Waals surface area contributed by atoms with Gasteiger partial charge in [-0.05, 0) is 36.8 Å². The maximum atomic E-state index is 13.6. The molecule has 0 amide bonds. The fraction of sp³-hybridized carbons (Fsp3) is 0.417. The molecule has 1 fully saturated rings. The van der Waals surface area contributed by atoms with E-state index in [0.29, 0.717) is 12.8 Å². The van der Waals surface area contributed by atoms with Gasteiger partial charge in [0.2, 0.25) is 0 Å². The normalized spacial score (nSPS) is 17.6. The van der Waals surface area contributed by atoms with E-state index in [4.69, 9.17) is 0 Å². The number of aliphatic carboxylic acids is 1. The second-order valence-electron chi connectivity index (χ2n) is 4.21. The summed E-state index contributed by atoms with van der Waals surface area (Å²) in [5.41, 5.74) is -0.845. The van der Waals surface area contributed by atoms with Gasteiger partial charge < -0.3 is 5.11 Å². The molecule has 92 valence electrons. The molecule has 17 heavy (non-hydrogen) atoms. The van der Waals surface area contributed by atoms with Crippen LogP contribution in [0.25, 0.3) is 0 Å². The second kappa shape index (κ2) is 4.29. The van der Waals surface area contributed by atoms with Crippen molar-refractivity contribution in [3.63, 3.8) is 0 Å². The molecule has 2 rings (SSSR count). The Morgan fingerprint density at radius 2 is 1.88 bits per heavy atom. The molecule has 0 spiro atoms. The average molecular weight is 258 g/mol. The van der Waals surface area contributed by atoms with E-state index in [1.54, 1.807) is 6.26 Å². The predicted octanol–water partition coefficient (Wildman–Crippen LogP) is 3.19. The summed E-state index contributed by atoms with van der Waals surface area (Å²) in [6.45, 7) is 0. The van der Waals surface area contributed by atoms with Crippen molar-refractivity contribution in [3.05, 3.63) is 29.3 Å². The van der Waals surface area contributed by atoms with E-state index in [0.717, 1.165) is 30.3 Å². The van der Waals surface area contributed by atoms with Gasteiger partial charge in [0.1, 0.15) is 11.6 Å². The number of rotatable bonds is 3. The third-order valence-electron chi connectivity index (χ3n) is 3.37. The standard InChI is InChI=1S/C12H12F2O2S/c1-17-10-8(13)5-7(6-9(10)14)12(11(15)16)3-2-4-12/h5-6H,2-4H2,1H3,(H,15,16). The van der Waals surface area contributed by atoms with E-state index in [2.05, 4.69) is 0 Å². The van der Waals surface area contributed by atoms with E-state index in [9.17, 15) is 18.7 Å². The first kappa shape index (κ1) is 12.4. The molecular formula is C12H12F2O2S. The third-order valence-corrected chi connectivity index (χ3v) is 4.17. The first-order chi connectivity index (χ1) is 8.01. The number of halogens is 2. The molecule has 0 heterocycles. The lowest BCUT2D eigenvalue weighted by molar-refractivity contribution is -0.147. The minimum atomic E-state index is -1.08. The van der Waals surface area contributed by atoms with Crippen molar-refractivity contribution in [3.8, 4) is 0 Å². The summed E-state index contributed by atoms with van der Waals surface area (Å²) in [5.74, 6) is -2.36. The largest absolute Gasteiger partial charge is 0.481 e. The van der Waals surface area contributed by atoms with E-state index in [1.165, 1.54) is 0 Å². The molecule has 1 aliphatic carbocycles. The van der Waals surface area contributed by atoms with Gasteiger partial charge in [0.15, 0.2) is 0 Å². The number of thioether (sulfide) groups is 1. The van der Waals surface area contributed by atoms with Crippen LogP contribution in [0.1, 0.15) is 24.8 Å². The molecule has 1 aliphatic rings. The Kier molecular flexibility index (Phi) is 3.12. The van der Waals surface area contributed by atoms with Gasteiger partial charge in [-0.1, -0.05) is 6.42 Å². The van der Waals surface area contributed by atoms with Crippen LogP contribution in [0.3, 0.4) is 0 Å². The Bertz CT molecular complexity index is 447. The average Bonchev–Trinajstić information content (AvgIpc) is 2.14.